The van der Waals surface area contributed by atoms with E-state index in [2.05, 4.69) is 21.2 Å². The van der Waals surface area contributed by atoms with Gasteiger partial charge in [-0.25, -0.2) is 4.79 Å². The molecule has 1 amide bonds. The highest BCUT2D eigenvalue weighted by Crippen LogP contribution is 2.25. The third-order valence-corrected chi connectivity index (χ3v) is 4.82. The Morgan fingerprint density at radius 2 is 2.22 bits per heavy atom. The van der Waals surface area contributed by atoms with Crippen LogP contribution >= 0.6 is 27.7 Å². The molecule has 18 heavy (non-hydrogen) atoms. The zero-order chi connectivity index (χ0) is 13.1. The van der Waals surface area contributed by atoms with Crippen LogP contribution in [-0.4, -0.2) is 34.0 Å². The van der Waals surface area contributed by atoms with Crippen LogP contribution in [0.1, 0.15) is 5.56 Å². The summed E-state index contributed by atoms with van der Waals surface area (Å²) in [5, 5.41) is 11.1. The fourth-order valence-corrected chi connectivity index (χ4v) is 3.36. The van der Waals surface area contributed by atoms with Crippen LogP contribution in [0.15, 0.2) is 28.7 Å². The molecule has 2 atom stereocenters. The van der Waals surface area contributed by atoms with Crippen molar-refractivity contribution in [3.8, 4) is 0 Å². The number of thioether (sulfide) groups is 1. The van der Waals surface area contributed by atoms with Gasteiger partial charge in [-0.2, -0.15) is 0 Å². The summed E-state index contributed by atoms with van der Waals surface area (Å²) in [4.78, 5) is 22.6. The Morgan fingerprint density at radius 3 is 2.83 bits per heavy atom. The number of carboxylic acid groups (broad SMARTS) is 1. The summed E-state index contributed by atoms with van der Waals surface area (Å²) in [7, 11) is 0. The van der Waals surface area contributed by atoms with Crippen LogP contribution in [-0.2, 0) is 16.0 Å². The van der Waals surface area contributed by atoms with E-state index in [0.717, 1.165) is 10.0 Å². The molecule has 1 aliphatic heterocycles. The topological polar surface area (TPSA) is 66.4 Å². The number of hydrogen-bond acceptors (Lipinski definition) is 3. The summed E-state index contributed by atoms with van der Waals surface area (Å²) in [6.07, 6.45) is 0.601. The molecule has 1 saturated heterocycles. The predicted octanol–water partition coefficient (Wildman–Crippen LogP) is 1.68. The lowest BCUT2D eigenvalue weighted by atomic mass is 10.1. The van der Waals surface area contributed by atoms with Crippen LogP contribution in [0.25, 0.3) is 0 Å². The zero-order valence-electron chi connectivity index (χ0n) is 9.43. The Kier molecular flexibility index (Phi) is 4.29. The molecule has 0 aliphatic carbocycles. The predicted molar refractivity (Wildman–Crippen MR) is 73.7 cm³/mol. The van der Waals surface area contributed by atoms with Gasteiger partial charge in [-0.3, -0.25) is 4.79 Å². The normalized spacial score (nSPS) is 23.5. The summed E-state index contributed by atoms with van der Waals surface area (Å²) in [5.41, 5.74) is 1.05. The minimum absolute atomic E-state index is 0.200. The molecule has 6 heteroatoms. The molecule has 4 nitrogen and oxygen atoms in total. The maximum absolute atomic E-state index is 11.8. The fourth-order valence-electron chi connectivity index (χ4n) is 1.74. The maximum Gasteiger partial charge on any atom is 0.327 e. The summed E-state index contributed by atoms with van der Waals surface area (Å²) < 4.78 is 0.971. The summed E-state index contributed by atoms with van der Waals surface area (Å²) in [6, 6.07) is 6.97. The molecule has 1 aromatic rings. The van der Waals surface area contributed by atoms with Crippen molar-refractivity contribution in [1.29, 1.82) is 0 Å². The number of carboxylic acids is 1. The molecule has 1 heterocycles. The minimum atomic E-state index is -0.977. The van der Waals surface area contributed by atoms with E-state index in [1.807, 2.05) is 24.3 Å². The highest BCUT2D eigenvalue weighted by Gasteiger charge is 2.32. The Morgan fingerprint density at radius 1 is 1.50 bits per heavy atom. The first kappa shape index (κ1) is 13.4. The largest absolute Gasteiger partial charge is 0.480 e. The van der Waals surface area contributed by atoms with Crippen molar-refractivity contribution in [1.82, 2.24) is 5.32 Å². The molecule has 1 aromatic carbocycles. The Bertz CT molecular complexity index is 480. The molecule has 2 N–H and O–H groups in total. The van der Waals surface area contributed by atoms with Gasteiger partial charge in [0.1, 0.15) is 6.04 Å². The van der Waals surface area contributed by atoms with Gasteiger partial charge in [0.25, 0.3) is 0 Å². The minimum Gasteiger partial charge on any atom is -0.480 e. The van der Waals surface area contributed by atoms with Crippen LogP contribution in [0.2, 0.25) is 0 Å². The summed E-state index contributed by atoms with van der Waals surface area (Å²) in [6.45, 7) is 0. The second-order valence-corrected chi connectivity index (χ2v) is 6.11. The van der Waals surface area contributed by atoms with Crippen molar-refractivity contribution in [2.75, 3.05) is 5.75 Å². The molecule has 0 saturated carbocycles. The second-order valence-electron chi connectivity index (χ2n) is 4.02. The number of aliphatic carboxylic acids is 1. The van der Waals surface area contributed by atoms with Crippen LogP contribution in [0.5, 0.6) is 0 Å². The first-order valence-electron chi connectivity index (χ1n) is 5.46. The second kappa shape index (κ2) is 5.75. The average Bonchev–Trinajstić information content (AvgIpc) is 2.34. The standard InChI is InChI=1S/C12H12BrNO3S/c13-8-4-2-1-3-7(8)5-10-11(15)14-9(6-18-10)12(16)17/h1-4,9-10H,5-6H2,(H,14,15)(H,16,17)/t9-,10+/m0/s1. The molecule has 0 spiro atoms. The Hall–Kier alpha value is -1.01. The van der Waals surface area contributed by atoms with E-state index in [1.165, 1.54) is 11.8 Å². The molecule has 1 fully saturated rings. The van der Waals surface area contributed by atoms with Crippen molar-refractivity contribution >= 4 is 39.6 Å². The number of halogens is 1. The van der Waals surface area contributed by atoms with Crippen LogP contribution in [0, 0.1) is 0 Å². The first-order chi connectivity index (χ1) is 8.58. The van der Waals surface area contributed by atoms with Gasteiger partial charge < -0.3 is 10.4 Å². The van der Waals surface area contributed by atoms with Gasteiger partial charge >= 0.3 is 5.97 Å². The number of amides is 1. The molecule has 96 valence electrons. The number of carbonyl (C=O) groups excluding carboxylic acids is 1. The van der Waals surface area contributed by atoms with Crippen molar-refractivity contribution in [3.05, 3.63) is 34.3 Å². The molecule has 1 aliphatic rings. The van der Waals surface area contributed by atoms with Gasteiger partial charge in [0.15, 0.2) is 0 Å². The van der Waals surface area contributed by atoms with Gasteiger partial charge in [-0.15, -0.1) is 11.8 Å². The molecule has 0 aromatic heterocycles. The zero-order valence-corrected chi connectivity index (χ0v) is 11.8. The third-order valence-electron chi connectivity index (χ3n) is 2.73. The Balaban J connectivity index is 2.02. The van der Waals surface area contributed by atoms with Crippen LogP contribution < -0.4 is 5.32 Å². The lowest BCUT2D eigenvalue weighted by molar-refractivity contribution is -0.141. The van der Waals surface area contributed by atoms with Gasteiger partial charge in [0.2, 0.25) is 5.91 Å². The van der Waals surface area contributed by atoms with Crippen molar-refractivity contribution in [3.63, 3.8) is 0 Å². The van der Waals surface area contributed by atoms with E-state index >= 15 is 0 Å². The van der Waals surface area contributed by atoms with Crippen LogP contribution in [0.4, 0.5) is 0 Å². The average molecular weight is 330 g/mol. The molecule has 0 bridgehead atoms. The van der Waals surface area contributed by atoms with Crippen molar-refractivity contribution in [2.45, 2.75) is 17.7 Å². The van der Waals surface area contributed by atoms with Crippen molar-refractivity contribution < 1.29 is 14.7 Å². The van der Waals surface area contributed by atoms with E-state index in [9.17, 15) is 9.59 Å². The highest BCUT2D eigenvalue weighted by molar-refractivity contribution is 9.10. The monoisotopic (exact) mass is 329 g/mol. The van der Waals surface area contributed by atoms with Crippen LogP contribution in [0.3, 0.4) is 0 Å². The highest BCUT2D eigenvalue weighted by atomic mass is 79.9. The molecule has 0 radical (unpaired) electrons. The van der Waals surface area contributed by atoms with Gasteiger partial charge in [0.05, 0.1) is 5.25 Å². The van der Waals surface area contributed by atoms with Gasteiger partial charge in [-0.1, -0.05) is 34.1 Å². The fraction of sp³-hybridized carbons (Fsp3) is 0.333. The number of carbonyl (C=O) groups is 2. The number of hydrogen-bond donors (Lipinski definition) is 2. The van der Waals surface area contributed by atoms with E-state index < -0.39 is 12.0 Å². The molecule has 0 unspecified atom stereocenters. The lowest BCUT2D eigenvalue weighted by Gasteiger charge is -2.26. The molecular weight excluding hydrogens is 318 g/mol. The first-order valence-corrected chi connectivity index (χ1v) is 7.30. The maximum atomic E-state index is 11.8. The van der Waals surface area contributed by atoms with Gasteiger partial charge in [-0.05, 0) is 18.1 Å². The lowest BCUT2D eigenvalue weighted by Crippen LogP contribution is -2.51. The smallest absolute Gasteiger partial charge is 0.327 e. The molecular formula is C12H12BrNO3S. The summed E-state index contributed by atoms with van der Waals surface area (Å²) >= 11 is 4.84. The van der Waals surface area contributed by atoms with E-state index in [4.69, 9.17) is 5.11 Å². The number of nitrogens with one attached hydrogen (secondary N) is 1. The van der Waals surface area contributed by atoms with E-state index in [-0.39, 0.29) is 11.2 Å². The Labute approximate surface area is 117 Å². The van der Waals surface area contributed by atoms with Crippen molar-refractivity contribution in [2.24, 2.45) is 0 Å². The van der Waals surface area contributed by atoms with E-state index in [0.29, 0.717) is 12.2 Å². The third kappa shape index (κ3) is 3.05. The number of rotatable bonds is 3. The quantitative estimate of drug-likeness (QED) is 0.885. The van der Waals surface area contributed by atoms with Gasteiger partial charge in [0, 0.05) is 10.2 Å². The van der Waals surface area contributed by atoms with E-state index in [1.54, 1.807) is 0 Å². The number of benzene rings is 1. The molecule has 2 rings (SSSR count). The SMILES string of the molecule is O=C(O)[C@@H]1CS[C@H](Cc2ccccc2Br)C(=O)N1. The summed E-state index contributed by atoms with van der Waals surface area (Å²) in [5.74, 6) is -0.763.